The summed E-state index contributed by atoms with van der Waals surface area (Å²) in [7, 11) is 1.67. The third-order valence-corrected chi connectivity index (χ3v) is 8.39. The van der Waals surface area contributed by atoms with Crippen molar-refractivity contribution in [1.29, 1.82) is 0 Å². The second-order valence-electron chi connectivity index (χ2n) is 9.86. The molecule has 4 rings (SSSR count). The second-order valence-corrected chi connectivity index (χ2v) is 11.1. The molecular weight excluding hydrogens is 486 g/mol. The van der Waals surface area contributed by atoms with Crippen LogP contribution in [0.4, 0.5) is 0 Å². The van der Waals surface area contributed by atoms with E-state index in [4.69, 9.17) is 14.6 Å². The molecule has 1 saturated carbocycles. The number of benzene rings is 2. The quantitative estimate of drug-likeness (QED) is 0.367. The molecule has 1 aliphatic heterocycles. The number of carboxylic acid groups (broad SMARTS) is 1. The summed E-state index contributed by atoms with van der Waals surface area (Å²) in [4.78, 5) is 13.2. The number of carboxylic acids is 1. The smallest absolute Gasteiger partial charge is 0.303 e. The maximum atomic E-state index is 11.1. The first-order chi connectivity index (χ1) is 18.0. The zero-order chi connectivity index (χ0) is 26.0. The molecule has 200 valence electrons. The number of hydrogen-bond donors (Lipinski definition) is 2. The number of nitrogens with zero attached hydrogens (tertiary/aromatic N) is 1. The molecule has 1 heterocycles. The predicted molar refractivity (Wildman–Crippen MR) is 149 cm³/mol. The Balaban J connectivity index is 1.37. The zero-order valence-corrected chi connectivity index (χ0v) is 22.4. The van der Waals surface area contributed by atoms with Crippen LogP contribution >= 0.6 is 11.8 Å². The Bertz CT molecular complexity index is 1000. The third-order valence-electron chi connectivity index (χ3n) is 7.45. The lowest BCUT2D eigenvalue weighted by Crippen LogP contribution is -2.48. The summed E-state index contributed by atoms with van der Waals surface area (Å²) in [6.07, 6.45) is 6.85. The van der Waals surface area contributed by atoms with E-state index in [1.807, 2.05) is 30.0 Å². The number of aliphatic hydroxyl groups is 1. The maximum absolute atomic E-state index is 11.1. The van der Waals surface area contributed by atoms with Gasteiger partial charge in [0.2, 0.25) is 0 Å². The van der Waals surface area contributed by atoms with Crippen molar-refractivity contribution in [3.63, 3.8) is 0 Å². The van der Waals surface area contributed by atoms with Crippen LogP contribution in [-0.2, 0) is 16.1 Å². The number of rotatable bonds is 12. The first kappa shape index (κ1) is 27.7. The SMILES string of the molecule is COc1ccc(-c2ccc(CO[C@H]3C[C@@H](O)[C@H](N4CCSCC4)[C@H]3CCC=CCCC(=O)O)cc2)cc1. The molecule has 0 bridgehead atoms. The van der Waals surface area contributed by atoms with Gasteiger partial charge in [-0.25, -0.2) is 0 Å². The average molecular weight is 526 g/mol. The van der Waals surface area contributed by atoms with Crippen LogP contribution in [0.5, 0.6) is 5.75 Å². The molecule has 2 aromatic rings. The van der Waals surface area contributed by atoms with Crippen molar-refractivity contribution < 1.29 is 24.5 Å². The van der Waals surface area contributed by atoms with Gasteiger partial charge >= 0.3 is 5.97 Å². The van der Waals surface area contributed by atoms with Crippen LogP contribution in [0.1, 0.15) is 37.7 Å². The van der Waals surface area contributed by atoms with Gasteiger partial charge < -0.3 is 19.7 Å². The number of methoxy groups -OCH3 is 1. The number of carbonyl (C=O) groups is 1. The van der Waals surface area contributed by atoms with Crippen molar-refractivity contribution in [2.24, 2.45) is 5.92 Å². The van der Waals surface area contributed by atoms with E-state index in [1.54, 1.807) is 7.11 Å². The minimum Gasteiger partial charge on any atom is -0.497 e. The molecule has 0 aromatic heterocycles. The Labute approximate surface area is 224 Å². The summed E-state index contributed by atoms with van der Waals surface area (Å²) < 4.78 is 11.7. The lowest BCUT2D eigenvalue weighted by molar-refractivity contribution is -0.136. The molecule has 0 unspecified atom stereocenters. The van der Waals surface area contributed by atoms with Crippen molar-refractivity contribution >= 4 is 17.7 Å². The minimum absolute atomic E-state index is 0.00302. The lowest BCUT2D eigenvalue weighted by Gasteiger charge is -2.37. The largest absolute Gasteiger partial charge is 0.497 e. The van der Waals surface area contributed by atoms with Crippen molar-refractivity contribution in [2.45, 2.75) is 57.0 Å². The van der Waals surface area contributed by atoms with Gasteiger partial charge in [-0.15, -0.1) is 0 Å². The molecule has 2 fully saturated rings. The highest BCUT2D eigenvalue weighted by atomic mass is 32.2. The summed E-state index contributed by atoms with van der Waals surface area (Å²) >= 11 is 1.98. The average Bonchev–Trinajstić information content (AvgIpc) is 3.24. The van der Waals surface area contributed by atoms with E-state index in [1.165, 1.54) is 0 Å². The van der Waals surface area contributed by atoms with Gasteiger partial charge in [0.15, 0.2) is 0 Å². The van der Waals surface area contributed by atoms with E-state index >= 15 is 0 Å². The highest BCUT2D eigenvalue weighted by Crippen LogP contribution is 2.37. The van der Waals surface area contributed by atoms with Gasteiger partial charge in [0.25, 0.3) is 0 Å². The van der Waals surface area contributed by atoms with Gasteiger partial charge in [0, 0.05) is 49.4 Å². The van der Waals surface area contributed by atoms with Crippen LogP contribution in [-0.4, -0.2) is 71.0 Å². The first-order valence-electron chi connectivity index (χ1n) is 13.3. The fourth-order valence-electron chi connectivity index (χ4n) is 5.51. The van der Waals surface area contributed by atoms with Gasteiger partial charge in [-0.1, -0.05) is 48.6 Å². The Morgan fingerprint density at radius 2 is 1.68 bits per heavy atom. The Kier molecular flexibility index (Phi) is 10.5. The van der Waals surface area contributed by atoms with Crippen LogP contribution in [0.25, 0.3) is 11.1 Å². The number of allylic oxidation sites excluding steroid dienone is 2. The van der Waals surface area contributed by atoms with Crippen LogP contribution in [0, 0.1) is 5.92 Å². The molecular formula is C30H39NO5S. The number of thioether (sulfide) groups is 1. The highest BCUT2D eigenvalue weighted by Gasteiger charge is 2.45. The van der Waals surface area contributed by atoms with Crippen LogP contribution in [0.2, 0.25) is 0 Å². The van der Waals surface area contributed by atoms with Gasteiger partial charge in [-0.3, -0.25) is 9.69 Å². The second kappa shape index (κ2) is 14.0. The molecule has 2 aliphatic rings. The van der Waals surface area contributed by atoms with E-state index in [0.717, 1.165) is 59.9 Å². The molecule has 4 atom stereocenters. The molecule has 1 aliphatic carbocycles. The fraction of sp³-hybridized carbons (Fsp3) is 0.500. The maximum Gasteiger partial charge on any atom is 0.303 e. The van der Waals surface area contributed by atoms with E-state index in [9.17, 15) is 9.90 Å². The number of hydrogen-bond acceptors (Lipinski definition) is 6. The number of aliphatic hydroxyl groups excluding tert-OH is 1. The van der Waals surface area contributed by atoms with Gasteiger partial charge in [0.05, 0.1) is 25.9 Å². The Morgan fingerprint density at radius 1 is 1.03 bits per heavy atom. The summed E-state index contributed by atoms with van der Waals surface area (Å²) in [5.74, 6) is 2.55. The molecule has 1 saturated heterocycles. The standard InChI is InChI=1S/C30H39NO5S/c1-35-25-14-12-24(13-15-25)23-10-8-22(9-11-23)21-36-28-20-27(32)30(31-16-18-37-19-17-31)26(28)6-4-2-3-5-7-29(33)34/h2-3,8-15,26-28,30,32H,4-7,16-21H2,1H3,(H,33,34)/t26-,27+,28-,30+/m0/s1. The molecule has 2 aromatic carbocycles. The molecule has 6 nitrogen and oxygen atoms in total. The molecule has 2 N–H and O–H groups in total. The van der Waals surface area contributed by atoms with Gasteiger partial charge in [0.1, 0.15) is 5.75 Å². The van der Waals surface area contributed by atoms with Gasteiger partial charge in [-0.2, -0.15) is 11.8 Å². The van der Waals surface area contributed by atoms with Crippen LogP contribution in [0.15, 0.2) is 60.7 Å². The highest BCUT2D eigenvalue weighted by molar-refractivity contribution is 7.99. The third kappa shape index (κ3) is 7.84. The van der Waals surface area contributed by atoms with Crippen molar-refractivity contribution in [1.82, 2.24) is 4.90 Å². The summed E-state index contributed by atoms with van der Waals surface area (Å²) in [6.45, 7) is 2.54. The summed E-state index contributed by atoms with van der Waals surface area (Å²) in [5.41, 5.74) is 3.42. The van der Waals surface area contributed by atoms with Crippen molar-refractivity contribution in [3.05, 3.63) is 66.2 Å². The van der Waals surface area contributed by atoms with Gasteiger partial charge in [-0.05, 0) is 48.1 Å². The molecule has 0 amide bonds. The Hall–Kier alpha value is -2.32. The minimum atomic E-state index is -0.767. The Morgan fingerprint density at radius 3 is 2.32 bits per heavy atom. The normalized spacial score (nSPS) is 24.5. The van der Waals surface area contributed by atoms with Crippen molar-refractivity contribution in [3.8, 4) is 16.9 Å². The lowest BCUT2D eigenvalue weighted by atomic mass is 9.93. The van der Waals surface area contributed by atoms with E-state index < -0.39 is 5.97 Å². The number of ether oxygens (including phenoxy) is 2. The molecule has 7 heteroatoms. The van der Waals surface area contributed by atoms with Crippen molar-refractivity contribution in [2.75, 3.05) is 31.7 Å². The molecule has 0 spiro atoms. The van der Waals surface area contributed by atoms with Crippen LogP contribution < -0.4 is 4.74 Å². The summed E-state index contributed by atoms with van der Waals surface area (Å²) in [5, 5.41) is 19.9. The van der Waals surface area contributed by atoms with E-state index in [-0.39, 0.29) is 30.6 Å². The summed E-state index contributed by atoms with van der Waals surface area (Å²) in [6, 6.07) is 16.7. The molecule has 37 heavy (non-hydrogen) atoms. The van der Waals surface area contributed by atoms with Crippen LogP contribution in [0.3, 0.4) is 0 Å². The fourth-order valence-corrected chi connectivity index (χ4v) is 6.44. The molecule has 0 radical (unpaired) electrons. The monoisotopic (exact) mass is 525 g/mol. The van der Waals surface area contributed by atoms with E-state index in [2.05, 4.69) is 47.4 Å². The topological polar surface area (TPSA) is 79.2 Å². The predicted octanol–water partition coefficient (Wildman–Crippen LogP) is 5.25. The zero-order valence-electron chi connectivity index (χ0n) is 21.6. The number of aliphatic carboxylic acids is 1. The first-order valence-corrected chi connectivity index (χ1v) is 14.4. The van der Waals surface area contributed by atoms with E-state index in [0.29, 0.717) is 19.4 Å².